The summed E-state index contributed by atoms with van der Waals surface area (Å²) in [6.07, 6.45) is 1.13. The molecule has 1 aromatic rings. The van der Waals surface area contributed by atoms with Gasteiger partial charge >= 0.3 is 0 Å². The highest BCUT2D eigenvalue weighted by atomic mass is 15.4. The van der Waals surface area contributed by atoms with Gasteiger partial charge in [0.2, 0.25) is 0 Å². The highest BCUT2D eigenvalue weighted by Gasteiger charge is 2.01. The lowest BCUT2D eigenvalue weighted by Gasteiger charge is -2.19. The monoisotopic (exact) mass is 178 g/mol. The molecule has 0 spiro atoms. The average molecular weight is 178 g/mol. The number of para-hydroxylation sites is 1. The van der Waals surface area contributed by atoms with Gasteiger partial charge < -0.3 is 5.01 Å². The van der Waals surface area contributed by atoms with Crippen LogP contribution in [0.15, 0.2) is 30.3 Å². The second kappa shape index (κ2) is 4.87. The van der Waals surface area contributed by atoms with Crippen LogP contribution < -0.4 is 10.9 Å². The molecule has 0 aliphatic rings. The largest absolute Gasteiger partial charge is 0.311 e. The molecule has 0 aliphatic heterocycles. The second-order valence-electron chi connectivity index (χ2n) is 3.71. The summed E-state index contributed by atoms with van der Waals surface area (Å²) in [6.45, 7) is 5.33. The fourth-order valence-electron chi connectivity index (χ4n) is 1.15. The summed E-state index contributed by atoms with van der Waals surface area (Å²) in [6, 6.07) is 10.1. The molecule has 0 aromatic heterocycles. The first-order valence-electron chi connectivity index (χ1n) is 4.77. The molecule has 0 amide bonds. The van der Waals surface area contributed by atoms with Gasteiger partial charge in [-0.1, -0.05) is 32.0 Å². The number of nitrogens with zero attached hydrogens (tertiary/aromatic N) is 1. The minimum Gasteiger partial charge on any atom is -0.311 e. The number of benzene rings is 1. The SMILES string of the molecule is CC(C)CCN(N)c1ccccc1. The van der Waals surface area contributed by atoms with Crippen LogP contribution in [0.25, 0.3) is 0 Å². The first kappa shape index (κ1) is 10.1. The van der Waals surface area contributed by atoms with E-state index in [1.54, 1.807) is 5.01 Å². The maximum Gasteiger partial charge on any atom is 0.0517 e. The van der Waals surface area contributed by atoms with Crippen LogP contribution in [0.1, 0.15) is 20.3 Å². The highest BCUT2D eigenvalue weighted by Crippen LogP contribution is 2.10. The molecule has 0 aliphatic carbocycles. The topological polar surface area (TPSA) is 29.3 Å². The van der Waals surface area contributed by atoms with Crippen molar-refractivity contribution in [3.63, 3.8) is 0 Å². The Morgan fingerprint density at radius 3 is 2.38 bits per heavy atom. The van der Waals surface area contributed by atoms with E-state index >= 15 is 0 Å². The van der Waals surface area contributed by atoms with E-state index in [4.69, 9.17) is 5.84 Å². The zero-order chi connectivity index (χ0) is 9.68. The molecule has 2 N–H and O–H groups in total. The van der Waals surface area contributed by atoms with Gasteiger partial charge in [-0.25, -0.2) is 5.84 Å². The van der Waals surface area contributed by atoms with Crippen molar-refractivity contribution in [1.29, 1.82) is 0 Å². The van der Waals surface area contributed by atoms with Crippen LogP contribution in [0.2, 0.25) is 0 Å². The predicted molar refractivity (Wildman–Crippen MR) is 57.4 cm³/mol. The summed E-state index contributed by atoms with van der Waals surface area (Å²) in [4.78, 5) is 0. The molecule has 0 bridgehead atoms. The summed E-state index contributed by atoms with van der Waals surface area (Å²) in [5, 5.41) is 1.81. The Bertz CT molecular complexity index is 231. The summed E-state index contributed by atoms with van der Waals surface area (Å²) in [5.41, 5.74) is 1.09. The number of hydrogen-bond acceptors (Lipinski definition) is 2. The van der Waals surface area contributed by atoms with E-state index in [1.807, 2.05) is 30.3 Å². The van der Waals surface area contributed by atoms with Crippen LogP contribution in [-0.4, -0.2) is 6.54 Å². The van der Waals surface area contributed by atoms with Gasteiger partial charge in [-0.05, 0) is 24.5 Å². The third-order valence-corrected chi connectivity index (χ3v) is 2.04. The van der Waals surface area contributed by atoms with Crippen molar-refractivity contribution >= 4 is 5.69 Å². The van der Waals surface area contributed by atoms with Crippen molar-refractivity contribution in [2.75, 3.05) is 11.6 Å². The number of hydrazine groups is 1. The van der Waals surface area contributed by atoms with E-state index in [9.17, 15) is 0 Å². The van der Waals surface area contributed by atoms with Crippen LogP contribution in [0.3, 0.4) is 0 Å². The molecule has 0 atom stereocenters. The molecule has 13 heavy (non-hydrogen) atoms. The van der Waals surface area contributed by atoms with Crippen LogP contribution in [0, 0.1) is 5.92 Å². The van der Waals surface area contributed by atoms with Crippen molar-refractivity contribution in [2.24, 2.45) is 11.8 Å². The minimum atomic E-state index is 0.703. The summed E-state index contributed by atoms with van der Waals surface area (Å²) in [7, 11) is 0. The van der Waals surface area contributed by atoms with Gasteiger partial charge in [0.25, 0.3) is 0 Å². The van der Waals surface area contributed by atoms with Gasteiger partial charge in [0.1, 0.15) is 0 Å². The zero-order valence-corrected chi connectivity index (χ0v) is 8.40. The van der Waals surface area contributed by atoms with E-state index in [-0.39, 0.29) is 0 Å². The Morgan fingerprint density at radius 2 is 1.85 bits per heavy atom. The number of anilines is 1. The third-order valence-electron chi connectivity index (χ3n) is 2.04. The lowest BCUT2D eigenvalue weighted by Crippen LogP contribution is -2.32. The van der Waals surface area contributed by atoms with E-state index in [0.29, 0.717) is 5.92 Å². The number of rotatable bonds is 4. The van der Waals surface area contributed by atoms with Crippen molar-refractivity contribution in [3.8, 4) is 0 Å². The van der Waals surface area contributed by atoms with Crippen molar-refractivity contribution in [3.05, 3.63) is 30.3 Å². The van der Waals surface area contributed by atoms with E-state index < -0.39 is 0 Å². The Kier molecular flexibility index (Phi) is 3.77. The van der Waals surface area contributed by atoms with Crippen LogP contribution in [0.4, 0.5) is 5.69 Å². The maximum atomic E-state index is 5.88. The molecule has 0 fully saturated rings. The van der Waals surface area contributed by atoms with E-state index in [2.05, 4.69) is 13.8 Å². The van der Waals surface area contributed by atoms with Gasteiger partial charge in [-0.3, -0.25) is 0 Å². The van der Waals surface area contributed by atoms with Crippen LogP contribution in [-0.2, 0) is 0 Å². The van der Waals surface area contributed by atoms with Crippen LogP contribution in [0.5, 0.6) is 0 Å². The average Bonchev–Trinajstić information content (AvgIpc) is 2.15. The molecule has 2 heteroatoms. The van der Waals surface area contributed by atoms with Crippen molar-refractivity contribution < 1.29 is 0 Å². The highest BCUT2D eigenvalue weighted by molar-refractivity contribution is 5.43. The third kappa shape index (κ3) is 3.47. The molecule has 0 unspecified atom stereocenters. The Hall–Kier alpha value is -1.02. The first-order chi connectivity index (χ1) is 6.20. The quantitative estimate of drug-likeness (QED) is 0.566. The summed E-state index contributed by atoms with van der Waals surface area (Å²) in [5.74, 6) is 6.58. The molecule has 1 aromatic carbocycles. The standard InChI is InChI=1S/C11H18N2/c1-10(2)8-9-13(12)11-6-4-3-5-7-11/h3-7,10H,8-9,12H2,1-2H3. The summed E-state index contributed by atoms with van der Waals surface area (Å²) < 4.78 is 0. The molecule has 2 nitrogen and oxygen atoms in total. The maximum absolute atomic E-state index is 5.88. The minimum absolute atomic E-state index is 0.703. The predicted octanol–water partition coefficient (Wildman–Crippen LogP) is 2.41. The molecular weight excluding hydrogens is 160 g/mol. The van der Waals surface area contributed by atoms with Gasteiger partial charge in [-0.15, -0.1) is 0 Å². The van der Waals surface area contributed by atoms with Crippen molar-refractivity contribution in [2.45, 2.75) is 20.3 Å². The first-order valence-corrected chi connectivity index (χ1v) is 4.77. The molecule has 0 saturated carbocycles. The molecule has 72 valence electrons. The second-order valence-corrected chi connectivity index (χ2v) is 3.71. The zero-order valence-electron chi connectivity index (χ0n) is 8.40. The van der Waals surface area contributed by atoms with E-state index in [1.165, 1.54) is 0 Å². The van der Waals surface area contributed by atoms with Gasteiger partial charge in [0.05, 0.1) is 5.69 Å². The molecule has 1 rings (SSSR count). The van der Waals surface area contributed by atoms with Gasteiger partial charge in [0, 0.05) is 6.54 Å². The Balaban J connectivity index is 2.44. The van der Waals surface area contributed by atoms with Gasteiger partial charge in [0.15, 0.2) is 0 Å². The summed E-state index contributed by atoms with van der Waals surface area (Å²) >= 11 is 0. The lowest BCUT2D eigenvalue weighted by molar-refractivity contribution is 0.577. The lowest BCUT2D eigenvalue weighted by atomic mass is 10.1. The fraction of sp³-hybridized carbons (Fsp3) is 0.455. The van der Waals surface area contributed by atoms with E-state index in [0.717, 1.165) is 18.7 Å². The number of hydrogen-bond donors (Lipinski definition) is 1. The Morgan fingerprint density at radius 1 is 1.23 bits per heavy atom. The molecule has 0 heterocycles. The molecule has 0 radical (unpaired) electrons. The molecular formula is C11H18N2. The van der Waals surface area contributed by atoms with Crippen LogP contribution >= 0.6 is 0 Å². The Labute approximate surface area is 80.3 Å². The normalized spacial score (nSPS) is 10.5. The fourth-order valence-corrected chi connectivity index (χ4v) is 1.15. The molecule has 0 saturated heterocycles. The smallest absolute Gasteiger partial charge is 0.0517 e. The number of nitrogens with two attached hydrogens (primary N) is 1. The van der Waals surface area contributed by atoms with Crippen molar-refractivity contribution in [1.82, 2.24) is 0 Å². The van der Waals surface area contributed by atoms with Gasteiger partial charge in [-0.2, -0.15) is 0 Å².